The Kier molecular flexibility index (Phi) is 10.4. The zero-order chi connectivity index (χ0) is 30.9. The van der Waals surface area contributed by atoms with Crippen LogP contribution in [0, 0.1) is 5.92 Å². The van der Waals surface area contributed by atoms with Gasteiger partial charge in [0.25, 0.3) is 0 Å². The van der Waals surface area contributed by atoms with E-state index in [1.165, 1.54) is 0 Å². The summed E-state index contributed by atoms with van der Waals surface area (Å²) in [6.07, 6.45) is 0. The molecule has 0 bridgehead atoms. The predicted molar refractivity (Wildman–Crippen MR) is 175 cm³/mol. The van der Waals surface area contributed by atoms with E-state index in [4.69, 9.17) is 9.47 Å². The zero-order valence-corrected chi connectivity index (χ0v) is 25.6. The zero-order valence-electron chi connectivity index (χ0n) is 25.6. The van der Waals surface area contributed by atoms with Crippen molar-refractivity contribution in [3.8, 4) is 11.5 Å². The summed E-state index contributed by atoms with van der Waals surface area (Å²) in [5.41, 5.74) is 2.20. The molecule has 5 aromatic carbocycles. The quantitative estimate of drug-likeness (QED) is 0.186. The molecule has 4 heteroatoms. The molecule has 0 amide bonds. The summed E-state index contributed by atoms with van der Waals surface area (Å²) in [5, 5.41) is 23.2. The fourth-order valence-corrected chi connectivity index (χ4v) is 5.72. The van der Waals surface area contributed by atoms with E-state index in [9.17, 15) is 10.2 Å². The Morgan fingerprint density at radius 2 is 0.814 bits per heavy atom. The lowest BCUT2D eigenvalue weighted by molar-refractivity contribution is 0.0271. The first-order valence-electron chi connectivity index (χ1n) is 14.7. The van der Waals surface area contributed by atoms with E-state index in [-0.39, 0.29) is 11.8 Å². The van der Waals surface area contributed by atoms with Gasteiger partial charge in [0, 0.05) is 5.92 Å². The molecule has 2 N–H and O–H groups in total. The molecule has 0 fully saturated rings. The second-order valence-electron chi connectivity index (χ2n) is 11.0. The SMILES string of the molecule is CC(c1ccccc1)C(O)(c1ccccc1)c1ccccc1.COc1cccc(OC)c1C(O)(c1ccccc1)C(C)C. The average Bonchev–Trinajstić information content (AvgIpc) is 3.08. The van der Waals surface area contributed by atoms with Crippen LogP contribution in [0.3, 0.4) is 0 Å². The van der Waals surface area contributed by atoms with Gasteiger partial charge >= 0.3 is 0 Å². The minimum Gasteiger partial charge on any atom is -0.496 e. The van der Waals surface area contributed by atoms with Crippen LogP contribution in [0.1, 0.15) is 54.5 Å². The van der Waals surface area contributed by atoms with Crippen LogP contribution in [0.5, 0.6) is 11.5 Å². The first kappa shape index (κ1) is 31.6. The highest BCUT2D eigenvalue weighted by Gasteiger charge is 2.40. The van der Waals surface area contributed by atoms with E-state index in [0.29, 0.717) is 17.1 Å². The van der Waals surface area contributed by atoms with Gasteiger partial charge in [-0.2, -0.15) is 0 Å². The van der Waals surface area contributed by atoms with E-state index in [1.807, 2.05) is 141 Å². The van der Waals surface area contributed by atoms with Crippen molar-refractivity contribution in [3.05, 3.63) is 167 Å². The van der Waals surface area contributed by atoms with Crippen LogP contribution >= 0.6 is 0 Å². The number of benzene rings is 5. The fourth-order valence-electron chi connectivity index (χ4n) is 5.72. The van der Waals surface area contributed by atoms with Crippen LogP contribution in [0.15, 0.2) is 140 Å². The molecule has 0 aliphatic carbocycles. The highest BCUT2D eigenvalue weighted by atomic mass is 16.5. The van der Waals surface area contributed by atoms with Crippen LogP contribution < -0.4 is 9.47 Å². The van der Waals surface area contributed by atoms with Crippen LogP contribution in [-0.4, -0.2) is 24.4 Å². The smallest absolute Gasteiger partial charge is 0.129 e. The maximum Gasteiger partial charge on any atom is 0.129 e. The van der Waals surface area contributed by atoms with Gasteiger partial charge in [-0.3, -0.25) is 0 Å². The lowest BCUT2D eigenvalue weighted by Crippen LogP contribution is -2.34. The third-order valence-electron chi connectivity index (χ3n) is 8.21. The van der Waals surface area contributed by atoms with Crippen LogP contribution in [0.4, 0.5) is 0 Å². The molecule has 2 atom stereocenters. The van der Waals surface area contributed by atoms with E-state index in [0.717, 1.165) is 22.3 Å². The Hall–Kier alpha value is -4.38. The Bertz CT molecular complexity index is 1470. The van der Waals surface area contributed by atoms with Crippen LogP contribution in [0.2, 0.25) is 0 Å². The molecule has 0 radical (unpaired) electrons. The largest absolute Gasteiger partial charge is 0.496 e. The van der Waals surface area contributed by atoms with E-state index < -0.39 is 11.2 Å². The topological polar surface area (TPSA) is 58.9 Å². The molecule has 5 aromatic rings. The summed E-state index contributed by atoms with van der Waals surface area (Å²) < 4.78 is 10.9. The monoisotopic (exact) mass is 574 g/mol. The molecule has 5 rings (SSSR count). The van der Waals surface area contributed by atoms with Gasteiger partial charge in [-0.05, 0) is 40.3 Å². The van der Waals surface area contributed by atoms with Crippen molar-refractivity contribution in [1.29, 1.82) is 0 Å². The molecule has 4 nitrogen and oxygen atoms in total. The molecular weight excluding hydrogens is 532 g/mol. The van der Waals surface area contributed by atoms with Crippen molar-refractivity contribution in [2.75, 3.05) is 14.2 Å². The molecule has 222 valence electrons. The normalized spacial score (nSPS) is 13.3. The third kappa shape index (κ3) is 6.51. The van der Waals surface area contributed by atoms with Crippen molar-refractivity contribution in [2.45, 2.75) is 37.9 Å². The summed E-state index contributed by atoms with van der Waals surface area (Å²) in [7, 11) is 3.20. The van der Waals surface area contributed by atoms with Gasteiger partial charge in [-0.1, -0.05) is 148 Å². The van der Waals surface area contributed by atoms with E-state index in [1.54, 1.807) is 14.2 Å². The van der Waals surface area contributed by atoms with E-state index in [2.05, 4.69) is 19.1 Å². The second kappa shape index (κ2) is 14.2. The molecular formula is C39H42O4. The molecule has 0 aromatic heterocycles. The molecule has 0 aliphatic heterocycles. The van der Waals surface area contributed by atoms with E-state index >= 15 is 0 Å². The van der Waals surface area contributed by atoms with Crippen molar-refractivity contribution < 1.29 is 19.7 Å². The number of hydrogen-bond acceptors (Lipinski definition) is 4. The summed E-state index contributed by atoms with van der Waals surface area (Å²) in [6.45, 7) is 6.05. The van der Waals surface area contributed by atoms with Gasteiger partial charge in [0.05, 0.1) is 19.8 Å². The van der Waals surface area contributed by atoms with Crippen LogP contribution in [-0.2, 0) is 11.2 Å². The number of ether oxygens (including phenoxy) is 2. The number of aliphatic hydroxyl groups is 2. The van der Waals surface area contributed by atoms with Crippen LogP contribution in [0.25, 0.3) is 0 Å². The maximum absolute atomic E-state index is 11.7. The standard InChI is InChI=1S/C21H20O.C18H22O3/c1-17(18-11-5-2-6-12-18)21(22,19-13-7-3-8-14-19)20-15-9-4-10-16-20;1-13(2)18(19,14-9-6-5-7-10-14)17-15(20-3)11-8-12-16(17)21-4/h2-17,22H,1H3;5-13,19H,1-4H3. The minimum absolute atomic E-state index is 0.0508. The number of hydrogen-bond donors (Lipinski definition) is 2. The summed E-state index contributed by atoms with van der Waals surface area (Å²) in [4.78, 5) is 0. The van der Waals surface area contributed by atoms with Gasteiger partial charge < -0.3 is 19.7 Å². The lowest BCUT2D eigenvalue weighted by atomic mass is 9.74. The molecule has 0 aliphatic rings. The fraction of sp³-hybridized carbons (Fsp3) is 0.231. The van der Waals surface area contributed by atoms with Crippen molar-refractivity contribution in [1.82, 2.24) is 0 Å². The Morgan fingerprint density at radius 3 is 1.16 bits per heavy atom. The predicted octanol–water partition coefficient (Wildman–Crippen LogP) is 8.32. The van der Waals surface area contributed by atoms with Gasteiger partial charge in [-0.25, -0.2) is 0 Å². The minimum atomic E-state index is -1.18. The molecule has 0 spiro atoms. The average molecular weight is 575 g/mol. The first-order valence-corrected chi connectivity index (χ1v) is 14.7. The lowest BCUT2D eigenvalue weighted by Gasteiger charge is -2.35. The van der Waals surface area contributed by atoms with Gasteiger partial charge in [-0.15, -0.1) is 0 Å². The Labute approximate surface area is 256 Å². The third-order valence-corrected chi connectivity index (χ3v) is 8.21. The summed E-state index contributed by atoms with van der Waals surface area (Å²) in [6, 6.07) is 45.1. The first-order chi connectivity index (χ1) is 20.8. The molecule has 2 unspecified atom stereocenters. The highest BCUT2D eigenvalue weighted by Crippen LogP contribution is 2.46. The number of rotatable bonds is 9. The van der Waals surface area contributed by atoms with Gasteiger partial charge in [0.1, 0.15) is 22.7 Å². The second-order valence-corrected chi connectivity index (χ2v) is 11.0. The summed E-state index contributed by atoms with van der Waals surface area (Å²) >= 11 is 0. The van der Waals surface area contributed by atoms with Gasteiger partial charge in [0.2, 0.25) is 0 Å². The highest BCUT2D eigenvalue weighted by molar-refractivity contribution is 5.53. The molecule has 0 saturated carbocycles. The molecule has 0 saturated heterocycles. The Balaban J connectivity index is 0.000000197. The summed E-state index contributed by atoms with van der Waals surface area (Å²) in [5.74, 6) is 1.13. The van der Waals surface area contributed by atoms with Gasteiger partial charge in [0.15, 0.2) is 0 Å². The Morgan fingerprint density at radius 1 is 0.465 bits per heavy atom. The molecule has 43 heavy (non-hydrogen) atoms. The van der Waals surface area contributed by atoms with Crippen molar-refractivity contribution in [3.63, 3.8) is 0 Å². The van der Waals surface area contributed by atoms with Crippen molar-refractivity contribution in [2.24, 2.45) is 5.92 Å². The number of methoxy groups -OCH3 is 2. The molecule has 0 heterocycles. The van der Waals surface area contributed by atoms with Crippen molar-refractivity contribution >= 4 is 0 Å². The maximum atomic E-state index is 11.7.